The monoisotopic (exact) mass is 223 g/mol. The summed E-state index contributed by atoms with van der Waals surface area (Å²) in [6.07, 6.45) is 4.69. The topological polar surface area (TPSA) is 29.1 Å². The van der Waals surface area contributed by atoms with E-state index in [-0.39, 0.29) is 0 Å². The van der Waals surface area contributed by atoms with Crippen LogP contribution in [0.5, 0.6) is 0 Å². The van der Waals surface area contributed by atoms with Crippen molar-refractivity contribution in [3.8, 4) is 0 Å². The first-order chi connectivity index (χ1) is 7.37. The van der Waals surface area contributed by atoms with Crippen molar-refractivity contribution in [3.63, 3.8) is 0 Å². The van der Waals surface area contributed by atoms with Crippen LogP contribution in [0.25, 0.3) is 0 Å². The van der Waals surface area contributed by atoms with Crippen molar-refractivity contribution in [3.05, 3.63) is 0 Å². The van der Waals surface area contributed by atoms with Crippen molar-refractivity contribution in [2.24, 2.45) is 23.2 Å². The SMILES string of the molecule is C[C@H]1C[C@@H](NC(=O)[C@@H]2C[C@@H]2C)CC(C)(C)C1. The Balaban J connectivity index is 1.87. The molecule has 0 saturated heterocycles. The Labute approximate surface area is 99.2 Å². The zero-order valence-electron chi connectivity index (χ0n) is 11.0. The molecule has 0 bridgehead atoms. The lowest BCUT2D eigenvalue weighted by atomic mass is 9.70. The van der Waals surface area contributed by atoms with E-state index < -0.39 is 0 Å². The molecule has 0 aromatic carbocycles. The molecule has 0 aliphatic heterocycles. The molecule has 0 aromatic heterocycles. The molecule has 16 heavy (non-hydrogen) atoms. The predicted molar refractivity (Wildman–Crippen MR) is 66.0 cm³/mol. The minimum absolute atomic E-state index is 0.308. The molecule has 0 aromatic rings. The van der Waals surface area contributed by atoms with Crippen molar-refractivity contribution in [1.82, 2.24) is 5.32 Å². The molecule has 4 atom stereocenters. The lowest BCUT2D eigenvalue weighted by Gasteiger charge is -2.39. The van der Waals surface area contributed by atoms with Gasteiger partial charge in [-0.15, -0.1) is 0 Å². The van der Waals surface area contributed by atoms with E-state index >= 15 is 0 Å². The number of rotatable bonds is 2. The van der Waals surface area contributed by atoms with Crippen LogP contribution in [0.2, 0.25) is 0 Å². The number of hydrogen-bond donors (Lipinski definition) is 1. The quantitative estimate of drug-likeness (QED) is 0.766. The summed E-state index contributed by atoms with van der Waals surface area (Å²) in [4.78, 5) is 11.9. The van der Waals surface area contributed by atoms with Gasteiger partial charge in [-0.05, 0) is 42.9 Å². The van der Waals surface area contributed by atoms with Crippen molar-refractivity contribution < 1.29 is 4.79 Å². The van der Waals surface area contributed by atoms with Gasteiger partial charge >= 0.3 is 0 Å². The van der Waals surface area contributed by atoms with Crippen LogP contribution in [-0.2, 0) is 4.79 Å². The van der Waals surface area contributed by atoms with Crippen molar-refractivity contribution in [2.45, 2.75) is 59.4 Å². The molecule has 2 rings (SSSR count). The van der Waals surface area contributed by atoms with E-state index in [0.717, 1.165) is 25.2 Å². The van der Waals surface area contributed by atoms with Crippen LogP contribution in [0.1, 0.15) is 53.4 Å². The Hall–Kier alpha value is -0.530. The van der Waals surface area contributed by atoms with Crippen LogP contribution >= 0.6 is 0 Å². The average molecular weight is 223 g/mol. The molecule has 2 saturated carbocycles. The summed E-state index contributed by atoms with van der Waals surface area (Å²) >= 11 is 0. The molecule has 0 heterocycles. The fraction of sp³-hybridized carbons (Fsp3) is 0.929. The van der Waals surface area contributed by atoms with E-state index in [4.69, 9.17) is 0 Å². The average Bonchev–Trinajstić information content (AvgIpc) is 2.78. The highest BCUT2D eigenvalue weighted by molar-refractivity contribution is 5.81. The first-order valence-corrected chi connectivity index (χ1v) is 6.68. The molecule has 2 aliphatic rings. The summed E-state index contributed by atoms with van der Waals surface area (Å²) in [6.45, 7) is 9.11. The maximum atomic E-state index is 11.9. The van der Waals surface area contributed by atoms with Gasteiger partial charge in [-0.1, -0.05) is 27.7 Å². The van der Waals surface area contributed by atoms with Crippen molar-refractivity contribution in [2.75, 3.05) is 0 Å². The Kier molecular flexibility index (Phi) is 3.02. The molecule has 2 fully saturated rings. The van der Waals surface area contributed by atoms with Gasteiger partial charge in [0.05, 0.1) is 0 Å². The predicted octanol–water partition coefficient (Wildman–Crippen LogP) is 2.97. The van der Waals surface area contributed by atoms with E-state index in [1.54, 1.807) is 0 Å². The molecule has 0 unspecified atom stereocenters. The summed E-state index contributed by atoms with van der Waals surface area (Å²) in [7, 11) is 0. The fourth-order valence-electron chi connectivity index (χ4n) is 3.45. The lowest BCUT2D eigenvalue weighted by molar-refractivity contribution is -0.123. The molecule has 0 radical (unpaired) electrons. The maximum absolute atomic E-state index is 11.9. The number of hydrogen-bond acceptors (Lipinski definition) is 1. The third-order valence-corrected chi connectivity index (χ3v) is 4.18. The summed E-state index contributed by atoms with van der Waals surface area (Å²) in [5.74, 6) is 1.99. The first-order valence-electron chi connectivity index (χ1n) is 6.68. The Morgan fingerprint density at radius 1 is 1.19 bits per heavy atom. The largest absolute Gasteiger partial charge is 0.353 e. The minimum Gasteiger partial charge on any atom is -0.353 e. The van der Waals surface area contributed by atoms with Crippen LogP contribution in [-0.4, -0.2) is 11.9 Å². The maximum Gasteiger partial charge on any atom is 0.223 e. The zero-order valence-corrected chi connectivity index (χ0v) is 11.0. The van der Waals surface area contributed by atoms with E-state index in [1.807, 2.05) is 0 Å². The molecule has 0 spiro atoms. The van der Waals surface area contributed by atoms with Gasteiger partial charge in [0.15, 0.2) is 0 Å². The van der Waals surface area contributed by atoms with Gasteiger partial charge in [0.2, 0.25) is 5.91 Å². The van der Waals surface area contributed by atoms with Crippen LogP contribution in [0, 0.1) is 23.2 Å². The third-order valence-electron chi connectivity index (χ3n) is 4.18. The summed E-state index contributed by atoms with van der Waals surface area (Å²) in [5, 5.41) is 3.26. The minimum atomic E-state index is 0.308. The Morgan fingerprint density at radius 3 is 2.31 bits per heavy atom. The van der Waals surface area contributed by atoms with Crippen LogP contribution in [0.15, 0.2) is 0 Å². The van der Waals surface area contributed by atoms with Crippen molar-refractivity contribution >= 4 is 5.91 Å². The normalized spacial score (nSPS) is 41.5. The third kappa shape index (κ3) is 2.78. The van der Waals surface area contributed by atoms with Gasteiger partial charge in [-0.25, -0.2) is 0 Å². The van der Waals surface area contributed by atoms with Gasteiger partial charge in [0.1, 0.15) is 0 Å². The highest BCUT2D eigenvalue weighted by Gasteiger charge is 2.41. The highest BCUT2D eigenvalue weighted by atomic mass is 16.2. The Bertz CT molecular complexity index is 284. The van der Waals surface area contributed by atoms with Crippen LogP contribution in [0.4, 0.5) is 0 Å². The second-order valence-electron chi connectivity index (χ2n) is 6.94. The number of nitrogens with one attached hydrogen (secondary N) is 1. The van der Waals surface area contributed by atoms with Gasteiger partial charge in [0.25, 0.3) is 0 Å². The Morgan fingerprint density at radius 2 is 1.81 bits per heavy atom. The van der Waals surface area contributed by atoms with E-state index in [0.29, 0.717) is 29.2 Å². The standard InChI is InChI=1S/C14H25NO/c1-9-5-11(8-14(3,4)7-9)15-13(16)12-6-10(12)2/h9-12H,5-8H2,1-4H3,(H,15,16)/t9-,10-,11+,12+/m0/s1. The van der Waals surface area contributed by atoms with E-state index in [2.05, 4.69) is 33.0 Å². The second kappa shape index (κ2) is 4.05. The summed E-state index contributed by atoms with van der Waals surface area (Å²) < 4.78 is 0. The smallest absolute Gasteiger partial charge is 0.223 e. The first kappa shape index (κ1) is 11.9. The van der Waals surface area contributed by atoms with Crippen LogP contribution in [0.3, 0.4) is 0 Å². The number of carbonyl (C=O) groups excluding carboxylic acids is 1. The number of carbonyl (C=O) groups is 1. The van der Waals surface area contributed by atoms with E-state index in [9.17, 15) is 4.79 Å². The summed E-state index contributed by atoms with van der Waals surface area (Å²) in [6, 6.07) is 0.416. The van der Waals surface area contributed by atoms with E-state index in [1.165, 1.54) is 6.42 Å². The highest BCUT2D eigenvalue weighted by Crippen LogP contribution is 2.40. The number of amides is 1. The fourth-order valence-corrected chi connectivity index (χ4v) is 3.45. The van der Waals surface area contributed by atoms with Gasteiger partial charge < -0.3 is 5.32 Å². The van der Waals surface area contributed by atoms with Crippen molar-refractivity contribution in [1.29, 1.82) is 0 Å². The molecule has 1 N–H and O–H groups in total. The molecule has 2 aliphatic carbocycles. The lowest BCUT2D eigenvalue weighted by Crippen LogP contribution is -2.43. The van der Waals surface area contributed by atoms with Gasteiger partial charge in [-0.3, -0.25) is 4.79 Å². The molecule has 2 nitrogen and oxygen atoms in total. The molecule has 2 heteroatoms. The van der Waals surface area contributed by atoms with Crippen LogP contribution < -0.4 is 5.32 Å². The van der Waals surface area contributed by atoms with Gasteiger partial charge in [-0.2, -0.15) is 0 Å². The molecule has 92 valence electrons. The molecular formula is C14H25NO. The second-order valence-corrected chi connectivity index (χ2v) is 6.94. The molecule has 1 amide bonds. The van der Waals surface area contributed by atoms with Gasteiger partial charge in [0, 0.05) is 12.0 Å². The zero-order chi connectivity index (χ0) is 11.9. The summed E-state index contributed by atoms with van der Waals surface area (Å²) in [5.41, 5.74) is 0.394. The molecular weight excluding hydrogens is 198 g/mol.